The molecule has 100 valence electrons. The van der Waals surface area contributed by atoms with Crippen molar-refractivity contribution in [2.24, 2.45) is 0 Å². The number of nitrogens with zero attached hydrogens (tertiary/aromatic N) is 1. The van der Waals surface area contributed by atoms with Gasteiger partial charge in [0.25, 0.3) is 0 Å². The molecule has 0 unspecified atom stereocenters. The molecule has 0 saturated carbocycles. The number of piperidine rings is 1. The van der Waals surface area contributed by atoms with Gasteiger partial charge in [-0.1, -0.05) is 6.08 Å². The van der Waals surface area contributed by atoms with Crippen molar-refractivity contribution in [2.45, 2.75) is 18.6 Å². The van der Waals surface area contributed by atoms with Gasteiger partial charge in [0.05, 0.1) is 13.2 Å². The predicted octanol–water partition coefficient (Wildman–Crippen LogP) is -0.346. The minimum atomic E-state index is -0.584. The lowest BCUT2D eigenvalue weighted by atomic mass is 10.0. The van der Waals surface area contributed by atoms with Gasteiger partial charge in [0.15, 0.2) is 5.79 Å². The zero-order chi connectivity index (χ0) is 13.0. The molecule has 18 heavy (non-hydrogen) atoms. The van der Waals surface area contributed by atoms with E-state index >= 15 is 0 Å². The van der Waals surface area contributed by atoms with E-state index in [0.717, 1.165) is 0 Å². The summed E-state index contributed by atoms with van der Waals surface area (Å²) in [5, 5.41) is 2.48. The monoisotopic (exact) mass is 254 g/mol. The van der Waals surface area contributed by atoms with E-state index < -0.39 is 17.6 Å². The molecule has 2 aliphatic rings. The second kappa shape index (κ2) is 5.49. The van der Waals surface area contributed by atoms with Crippen LogP contribution in [0, 0.1) is 0 Å². The molecule has 0 atom stereocenters. The van der Waals surface area contributed by atoms with Crippen molar-refractivity contribution in [3.05, 3.63) is 12.7 Å². The minimum Gasteiger partial charge on any atom is -0.347 e. The van der Waals surface area contributed by atoms with Crippen molar-refractivity contribution in [1.82, 2.24) is 10.2 Å². The molecule has 6 heteroatoms. The summed E-state index contributed by atoms with van der Waals surface area (Å²) in [6.45, 7) is 5.96. The zero-order valence-electron chi connectivity index (χ0n) is 10.3. The highest BCUT2D eigenvalue weighted by Gasteiger charge is 2.41. The van der Waals surface area contributed by atoms with E-state index in [1.807, 2.05) is 0 Å². The fourth-order valence-corrected chi connectivity index (χ4v) is 2.22. The Labute approximate surface area is 106 Å². The molecule has 0 radical (unpaired) electrons. The Kier molecular flexibility index (Phi) is 3.98. The van der Waals surface area contributed by atoms with Crippen molar-refractivity contribution in [2.75, 3.05) is 32.8 Å². The number of ether oxygens (including phenoxy) is 2. The Hall–Kier alpha value is -1.40. The van der Waals surface area contributed by atoms with E-state index in [9.17, 15) is 9.59 Å². The van der Waals surface area contributed by atoms with Gasteiger partial charge in [0.2, 0.25) is 0 Å². The van der Waals surface area contributed by atoms with Gasteiger partial charge in [-0.3, -0.25) is 9.59 Å². The Morgan fingerprint density at radius 3 is 2.44 bits per heavy atom. The molecular weight excluding hydrogens is 236 g/mol. The lowest BCUT2D eigenvalue weighted by Gasteiger charge is -2.37. The minimum absolute atomic E-state index is 0.300. The predicted molar refractivity (Wildman–Crippen MR) is 63.7 cm³/mol. The first-order chi connectivity index (χ1) is 8.67. The van der Waals surface area contributed by atoms with Gasteiger partial charge >= 0.3 is 11.8 Å². The molecule has 1 spiro atoms. The van der Waals surface area contributed by atoms with Crippen LogP contribution in [0.2, 0.25) is 0 Å². The Morgan fingerprint density at radius 2 is 1.89 bits per heavy atom. The number of rotatable bonds is 2. The van der Waals surface area contributed by atoms with Gasteiger partial charge in [-0.15, -0.1) is 6.58 Å². The quantitative estimate of drug-likeness (QED) is 0.540. The van der Waals surface area contributed by atoms with Crippen molar-refractivity contribution < 1.29 is 19.1 Å². The molecule has 2 heterocycles. The maximum atomic E-state index is 11.8. The van der Waals surface area contributed by atoms with E-state index in [1.165, 1.54) is 11.0 Å². The average Bonchev–Trinajstić information content (AvgIpc) is 2.84. The first-order valence-corrected chi connectivity index (χ1v) is 6.13. The third kappa shape index (κ3) is 2.70. The first kappa shape index (κ1) is 13.0. The van der Waals surface area contributed by atoms with E-state index in [-0.39, 0.29) is 0 Å². The van der Waals surface area contributed by atoms with Crippen LogP contribution in [0.1, 0.15) is 12.8 Å². The second-order valence-corrected chi connectivity index (χ2v) is 4.40. The Bertz CT molecular complexity index is 340. The molecule has 2 rings (SSSR count). The zero-order valence-corrected chi connectivity index (χ0v) is 10.3. The summed E-state index contributed by atoms with van der Waals surface area (Å²) in [7, 11) is 0. The standard InChI is InChI=1S/C12H18N2O4/c1-2-5-13-10(15)11(16)14-6-3-12(4-7-14)17-8-9-18-12/h2H,1,3-9H2,(H,13,15). The van der Waals surface area contributed by atoms with Crippen molar-refractivity contribution in [3.8, 4) is 0 Å². The number of carbonyl (C=O) groups excluding carboxylic acids is 2. The molecule has 0 aliphatic carbocycles. The molecule has 0 aromatic carbocycles. The van der Waals surface area contributed by atoms with E-state index in [1.54, 1.807) is 0 Å². The van der Waals surface area contributed by atoms with Crippen molar-refractivity contribution >= 4 is 11.8 Å². The Balaban J connectivity index is 1.83. The van der Waals surface area contributed by atoms with Crippen LogP contribution in [0.25, 0.3) is 0 Å². The lowest BCUT2D eigenvalue weighted by Crippen LogP contribution is -2.51. The van der Waals surface area contributed by atoms with Gasteiger partial charge in [-0.05, 0) is 0 Å². The molecule has 2 saturated heterocycles. The lowest BCUT2D eigenvalue weighted by molar-refractivity contribution is -0.188. The molecule has 0 aromatic heterocycles. The topological polar surface area (TPSA) is 67.9 Å². The largest absolute Gasteiger partial charge is 0.347 e. The van der Waals surface area contributed by atoms with Crippen LogP contribution in [-0.2, 0) is 19.1 Å². The summed E-state index contributed by atoms with van der Waals surface area (Å²) in [5.74, 6) is -1.60. The van der Waals surface area contributed by atoms with Gasteiger partial charge in [0.1, 0.15) is 0 Å². The Morgan fingerprint density at radius 1 is 1.28 bits per heavy atom. The number of carbonyl (C=O) groups is 2. The average molecular weight is 254 g/mol. The molecule has 2 amide bonds. The highest BCUT2D eigenvalue weighted by Crippen LogP contribution is 2.31. The smallest absolute Gasteiger partial charge is 0.311 e. The number of nitrogens with one attached hydrogen (secondary N) is 1. The summed E-state index contributed by atoms with van der Waals surface area (Å²) in [5.41, 5.74) is 0. The molecule has 6 nitrogen and oxygen atoms in total. The normalized spacial score (nSPS) is 21.9. The third-order valence-corrected chi connectivity index (χ3v) is 3.23. The molecule has 2 fully saturated rings. The highest BCUT2D eigenvalue weighted by atomic mass is 16.7. The van der Waals surface area contributed by atoms with Gasteiger partial charge in [-0.25, -0.2) is 0 Å². The van der Waals surface area contributed by atoms with E-state index in [0.29, 0.717) is 45.7 Å². The highest BCUT2D eigenvalue weighted by molar-refractivity contribution is 6.35. The molecule has 1 N–H and O–H groups in total. The van der Waals surface area contributed by atoms with Crippen LogP contribution >= 0.6 is 0 Å². The fraction of sp³-hybridized carbons (Fsp3) is 0.667. The summed E-state index contributed by atoms with van der Waals surface area (Å²) in [6, 6.07) is 0. The van der Waals surface area contributed by atoms with Crippen molar-refractivity contribution in [1.29, 1.82) is 0 Å². The van der Waals surface area contributed by atoms with Crippen LogP contribution < -0.4 is 5.32 Å². The number of amides is 2. The summed E-state index contributed by atoms with van der Waals surface area (Å²) >= 11 is 0. The maximum absolute atomic E-state index is 11.8. The van der Waals surface area contributed by atoms with Gasteiger partial charge in [-0.2, -0.15) is 0 Å². The summed E-state index contributed by atoms with van der Waals surface area (Å²) in [4.78, 5) is 24.8. The first-order valence-electron chi connectivity index (χ1n) is 6.13. The van der Waals surface area contributed by atoms with Gasteiger partial charge in [0, 0.05) is 32.5 Å². The van der Waals surface area contributed by atoms with Crippen LogP contribution in [0.15, 0.2) is 12.7 Å². The number of hydrogen-bond acceptors (Lipinski definition) is 4. The number of hydrogen-bond donors (Lipinski definition) is 1. The maximum Gasteiger partial charge on any atom is 0.311 e. The molecular formula is C12H18N2O4. The fourth-order valence-electron chi connectivity index (χ4n) is 2.22. The van der Waals surface area contributed by atoms with Crippen LogP contribution in [0.3, 0.4) is 0 Å². The van der Waals surface area contributed by atoms with E-state index in [2.05, 4.69) is 11.9 Å². The number of likely N-dealkylation sites (tertiary alicyclic amines) is 1. The summed E-state index contributed by atoms with van der Waals surface area (Å²) in [6.07, 6.45) is 2.78. The van der Waals surface area contributed by atoms with Crippen LogP contribution in [0.4, 0.5) is 0 Å². The summed E-state index contributed by atoms with van der Waals surface area (Å²) < 4.78 is 11.1. The second-order valence-electron chi connectivity index (χ2n) is 4.40. The van der Waals surface area contributed by atoms with Crippen molar-refractivity contribution in [3.63, 3.8) is 0 Å². The van der Waals surface area contributed by atoms with Crippen LogP contribution in [-0.4, -0.2) is 55.3 Å². The van der Waals surface area contributed by atoms with Crippen LogP contribution in [0.5, 0.6) is 0 Å². The van der Waals surface area contributed by atoms with E-state index in [4.69, 9.17) is 9.47 Å². The SMILES string of the molecule is C=CCNC(=O)C(=O)N1CCC2(CC1)OCCO2. The molecule has 0 aromatic rings. The van der Waals surface area contributed by atoms with Gasteiger partial charge < -0.3 is 19.7 Å². The molecule has 2 aliphatic heterocycles. The third-order valence-electron chi connectivity index (χ3n) is 3.23. The molecule has 0 bridgehead atoms.